The van der Waals surface area contributed by atoms with Crippen LogP contribution in [0.1, 0.15) is 19.3 Å². The third-order valence-corrected chi connectivity index (χ3v) is 3.31. The van der Waals surface area contributed by atoms with Crippen LogP contribution >= 0.6 is 0 Å². The van der Waals surface area contributed by atoms with Crippen molar-refractivity contribution < 1.29 is 19.4 Å². The highest BCUT2D eigenvalue weighted by Gasteiger charge is 2.36. The molecule has 0 aromatic rings. The number of carbonyl (C=O) groups is 2. The minimum absolute atomic E-state index is 0.0414. The largest absolute Gasteiger partial charge is 0.394 e. The number of carbonyl (C=O) groups excluding carboxylic acids is 2. The van der Waals surface area contributed by atoms with E-state index in [0.717, 1.165) is 25.9 Å². The molecule has 17 heavy (non-hydrogen) atoms. The Balaban J connectivity index is 1.79. The van der Waals surface area contributed by atoms with E-state index in [0.29, 0.717) is 6.61 Å². The molecule has 0 bridgehead atoms. The minimum Gasteiger partial charge on any atom is -0.394 e. The first-order valence-corrected chi connectivity index (χ1v) is 6.01. The first-order chi connectivity index (χ1) is 8.20. The summed E-state index contributed by atoms with van der Waals surface area (Å²) >= 11 is 0. The van der Waals surface area contributed by atoms with Gasteiger partial charge in [0.25, 0.3) is 0 Å². The fourth-order valence-corrected chi connectivity index (χ4v) is 2.41. The number of nitrogens with one attached hydrogen (secondary N) is 1. The van der Waals surface area contributed by atoms with Crippen LogP contribution in [0.4, 0.5) is 0 Å². The van der Waals surface area contributed by atoms with Crippen LogP contribution in [-0.4, -0.2) is 60.3 Å². The summed E-state index contributed by atoms with van der Waals surface area (Å²) in [6.45, 7) is 1.94. The fourth-order valence-electron chi connectivity index (χ4n) is 2.41. The third-order valence-electron chi connectivity index (χ3n) is 3.31. The molecule has 0 radical (unpaired) electrons. The third kappa shape index (κ3) is 3.02. The molecule has 2 heterocycles. The average molecular weight is 242 g/mol. The molecule has 96 valence electrons. The topological polar surface area (TPSA) is 78.9 Å². The molecule has 1 atom stereocenters. The molecule has 2 aliphatic heterocycles. The van der Waals surface area contributed by atoms with Gasteiger partial charge in [0.2, 0.25) is 11.8 Å². The van der Waals surface area contributed by atoms with Crippen LogP contribution in [0, 0.1) is 0 Å². The van der Waals surface area contributed by atoms with Crippen LogP contribution in [0.25, 0.3) is 0 Å². The van der Waals surface area contributed by atoms with E-state index in [9.17, 15) is 9.59 Å². The van der Waals surface area contributed by atoms with E-state index in [-0.39, 0.29) is 37.0 Å². The number of hydrogen-bond donors (Lipinski definition) is 2. The van der Waals surface area contributed by atoms with E-state index in [1.807, 2.05) is 4.90 Å². The summed E-state index contributed by atoms with van der Waals surface area (Å²) in [5, 5.41) is 11.0. The summed E-state index contributed by atoms with van der Waals surface area (Å²) in [4.78, 5) is 24.6. The van der Waals surface area contributed by atoms with E-state index in [4.69, 9.17) is 9.84 Å². The van der Waals surface area contributed by atoms with Gasteiger partial charge in [-0.05, 0) is 12.8 Å². The highest BCUT2D eigenvalue weighted by molar-refractivity contribution is 6.05. The second-order valence-corrected chi connectivity index (χ2v) is 4.46. The maximum atomic E-state index is 11.5. The van der Waals surface area contributed by atoms with E-state index in [2.05, 4.69) is 5.32 Å². The Morgan fingerprint density at radius 2 is 2.06 bits per heavy atom. The number of hydrogen-bond acceptors (Lipinski definition) is 5. The molecular weight excluding hydrogens is 224 g/mol. The first kappa shape index (κ1) is 12.5. The van der Waals surface area contributed by atoms with Crippen LogP contribution in [0.2, 0.25) is 0 Å². The van der Waals surface area contributed by atoms with E-state index < -0.39 is 0 Å². The summed E-state index contributed by atoms with van der Waals surface area (Å²) in [5.41, 5.74) is 0. The SMILES string of the molecule is O=C1CC(N2CCC(OCCO)CC2)C(=O)N1. The van der Waals surface area contributed by atoms with Crippen molar-refractivity contribution in [3.05, 3.63) is 0 Å². The van der Waals surface area contributed by atoms with Crippen LogP contribution in [0.5, 0.6) is 0 Å². The predicted octanol–water partition coefficient (Wildman–Crippen LogP) is -1.13. The van der Waals surface area contributed by atoms with Crippen molar-refractivity contribution in [2.24, 2.45) is 0 Å². The molecule has 2 amide bonds. The van der Waals surface area contributed by atoms with Gasteiger partial charge < -0.3 is 9.84 Å². The van der Waals surface area contributed by atoms with Gasteiger partial charge in [0, 0.05) is 13.1 Å². The Morgan fingerprint density at radius 1 is 1.35 bits per heavy atom. The molecule has 2 N–H and O–H groups in total. The summed E-state index contributed by atoms with van der Waals surface area (Å²) in [6, 6.07) is -0.290. The standard InChI is InChI=1S/C11H18N2O4/c14-5-6-17-8-1-3-13(4-2-8)9-7-10(15)12-11(9)16/h8-9,14H,1-7H2,(H,12,15,16). The van der Waals surface area contributed by atoms with Gasteiger partial charge in [-0.1, -0.05) is 0 Å². The lowest BCUT2D eigenvalue weighted by Crippen LogP contribution is -2.46. The van der Waals surface area contributed by atoms with Crippen LogP contribution in [0.3, 0.4) is 0 Å². The number of imide groups is 1. The van der Waals surface area contributed by atoms with Crippen LogP contribution in [-0.2, 0) is 14.3 Å². The second kappa shape index (κ2) is 5.57. The van der Waals surface area contributed by atoms with Crippen molar-refractivity contribution in [1.82, 2.24) is 10.2 Å². The molecule has 2 fully saturated rings. The van der Waals surface area contributed by atoms with E-state index in [1.165, 1.54) is 0 Å². The van der Waals surface area contributed by atoms with Gasteiger partial charge in [-0.15, -0.1) is 0 Å². The zero-order valence-electron chi connectivity index (χ0n) is 9.72. The van der Waals surface area contributed by atoms with Gasteiger partial charge in [0.15, 0.2) is 0 Å². The number of rotatable bonds is 4. The van der Waals surface area contributed by atoms with Gasteiger partial charge >= 0.3 is 0 Å². The first-order valence-electron chi connectivity index (χ1n) is 6.01. The number of ether oxygens (including phenoxy) is 1. The molecule has 6 nitrogen and oxygen atoms in total. The number of nitrogens with zero attached hydrogens (tertiary/aromatic N) is 1. The Bertz CT molecular complexity index is 300. The van der Waals surface area contributed by atoms with Crippen molar-refractivity contribution >= 4 is 11.8 Å². The van der Waals surface area contributed by atoms with Crippen LogP contribution in [0.15, 0.2) is 0 Å². The zero-order chi connectivity index (χ0) is 12.3. The summed E-state index contributed by atoms with van der Waals surface area (Å²) in [6.07, 6.45) is 2.13. The molecule has 2 saturated heterocycles. The molecule has 0 saturated carbocycles. The molecule has 0 aromatic heterocycles. The van der Waals surface area contributed by atoms with Gasteiger partial charge in [0.05, 0.1) is 31.8 Å². The normalized spacial score (nSPS) is 27.5. The molecule has 2 rings (SSSR count). The van der Waals surface area contributed by atoms with Crippen molar-refractivity contribution in [3.63, 3.8) is 0 Å². The molecule has 0 aliphatic carbocycles. The van der Waals surface area contributed by atoms with Gasteiger partial charge in [-0.3, -0.25) is 19.8 Å². The Hall–Kier alpha value is -0.980. The molecule has 2 aliphatic rings. The predicted molar refractivity (Wildman–Crippen MR) is 59.2 cm³/mol. The lowest BCUT2D eigenvalue weighted by Gasteiger charge is -2.34. The molecule has 0 aromatic carbocycles. The maximum absolute atomic E-state index is 11.5. The molecular formula is C11H18N2O4. The highest BCUT2D eigenvalue weighted by atomic mass is 16.5. The summed E-state index contributed by atoms with van der Waals surface area (Å²) < 4.78 is 5.45. The minimum atomic E-state index is -0.290. The second-order valence-electron chi connectivity index (χ2n) is 4.46. The van der Waals surface area contributed by atoms with Gasteiger partial charge in [0.1, 0.15) is 0 Å². The van der Waals surface area contributed by atoms with E-state index >= 15 is 0 Å². The monoisotopic (exact) mass is 242 g/mol. The lowest BCUT2D eigenvalue weighted by atomic mass is 10.0. The fraction of sp³-hybridized carbons (Fsp3) is 0.818. The van der Waals surface area contributed by atoms with Crippen molar-refractivity contribution in [2.45, 2.75) is 31.4 Å². The summed E-state index contributed by atoms with van der Waals surface area (Å²) in [7, 11) is 0. The molecule has 6 heteroatoms. The van der Waals surface area contributed by atoms with Crippen LogP contribution < -0.4 is 5.32 Å². The Labute approximate surface area is 99.9 Å². The van der Waals surface area contributed by atoms with Crippen molar-refractivity contribution in [2.75, 3.05) is 26.3 Å². The Morgan fingerprint density at radius 3 is 2.59 bits per heavy atom. The number of likely N-dealkylation sites (tertiary alicyclic amines) is 1. The number of aliphatic hydroxyl groups is 1. The van der Waals surface area contributed by atoms with Gasteiger partial charge in [-0.2, -0.15) is 0 Å². The quantitative estimate of drug-likeness (QED) is 0.610. The molecule has 1 unspecified atom stereocenters. The van der Waals surface area contributed by atoms with Crippen molar-refractivity contribution in [3.8, 4) is 0 Å². The average Bonchev–Trinajstić information content (AvgIpc) is 2.66. The van der Waals surface area contributed by atoms with Gasteiger partial charge in [-0.25, -0.2) is 0 Å². The van der Waals surface area contributed by atoms with Crippen molar-refractivity contribution in [1.29, 1.82) is 0 Å². The number of amides is 2. The number of piperidine rings is 1. The van der Waals surface area contributed by atoms with E-state index in [1.54, 1.807) is 0 Å². The maximum Gasteiger partial charge on any atom is 0.244 e. The smallest absolute Gasteiger partial charge is 0.244 e. The zero-order valence-corrected chi connectivity index (χ0v) is 9.72. The lowest BCUT2D eigenvalue weighted by molar-refractivity contribution is -0.126. The Kier molecular flexibility index (Phi) is 4.09. The summed E-state index contributed by atoms with van der Waals surface area (Å²) in [5.74, 6) is -0.358. The molecule has 0 spiro atoms. The number of aliphatic hydroxyl groups excluding tert-OH is 1. The highest BCUT2D eigenvalue weighted by Crippen LogP contribution is 2.19.